The fourth-order valence-corrected chi connectivity index (χ4v) is 1.35. The number of hydrogen-bond acceptors (Lipinski definition) is 3. The van der Waals surface area contributed by atoms with E-state index in [9.17, 15) is 5.21 Å². The molecule has 3 heteroatoms. The van der Waals surface area contributed by atoms with Gasteiger partial charge in [0.15, 0.2) is 0 Å². The predicted molar refractivity (Wildman–Crippen MR) is 42.4 cm³/mol. The highest BCUT2D eigenvalue weighted by atomic mass is 16.6. The van der Waals surface area contributed by atoms with Gasteiger partial charge in [-0.05, 0) is 27.2 Å². The minimum absolute atomic E-state index is 0.245. The SMILES string of the molecule is CC[C@]1(C)OCC(C)(C)N1O. The molecule has 0 aliphatic carbocycles. The number of rotatable bonds is 1. The van der Waals surface area contributed by atoms with Gasteiger partial charge in [0.1, 0.15) is 5.72 Å². The normalized spacial score (nSPS) is 37.9. The summed E-state index contributed by atoms with van der Waals surface area (Å²) in [6.45, 7) is 8.43. The molecule has 1 saturated heterocycles. The van der Waals surface area contributed by atoms with Crippen molar-refractivity contribution in [2.75, 3.05) is 6.61 Å². The Kier molecular flexibility index (Phi) is 1.99. The van der Waals surface area contributed by atoms with Gasteiger partial charge < -0.3 is 9.94 Å². The van der Waals surface area contributed by atoms with Crippen LogP contribution in [-0.4, -0.2) is 28.1 Å². The summed E-state index contributed by atoms with van der Waals surface area (Å²) in [6, 6.07) is 0. The van der Waals surface area contributed by atoms with Crippen LogP contribution in [0.2, 0.25) is 0 Å². The van der Waals surface area contributed by atoms with Crippen LogP contribution in [0.5, 0.6) is 0 Å². The molecule has 1 fully saturated rings. The lowest BCUT2D eigenvalue weighted by Crippen LogP contribution is -2.48. The Morgan fingerprint density at radius 3 is 2.18 bits per heavy atom. The summed E-state index contributed by atoms with van der Waals surface area (Å²) < 4.78 is 5.49. The molecule has 3 nitrogen and oxygen atoms in total. The van der Waals surface area contributed by atoms with Gasteiger partial charge in [-0.2, -0.15) is 5.06 Å². The van der Waals surface area contributed by atoms with E-state index < -0.39 is 5.72 Å². The topological polar surface area (TPSA) is 32.7 Å². The van der Waals surface area contributed by atoms with Gasteiger partial charge >= 0.3 is 0 Å². The summed E-state index contributed by atoms with van der Waals surface area (Å²) in [7, 11) is 0. The van der Waals surface area contributed by atoms with Crippen LogP contribution in [-0.2, 0) is 4.74 Å². The zero-order valence-electron chi connectivity index (χ0n) is 7.72. The highest BCUT2D eigenvalue weighted by Crippen LogP contribution is 2.34. The van der Waals surface area contributed by atoms with Gasteiger partial charge in [-0.1, -0.05) is 6.92 Å². The Morgan fingerprint density at radius 2 is 2.00 bits per heavy atom. The molecule has 1 N–H and O–H groups in total. The summed E-state index contributed by atoms with van der Waals surface area (Å²) in [5.74, 6) is 0. The fraction of sp³-hybridized carbons (Fsp3) is 1.00. The predicted octanol–water partition coefficient (Wildman–Crippen LogP) is 1.61. The number of nitrogens with zero attached hydrogens (tertiary/aromatic N) is 1. The third-order valence-corrected chi connectivity index (χ3v) is 2.41. The summed E-state index contributed by atoms with van der Waals surface area (Å²) in [4.78, 5) is 0. The fourth-order valence-electron chi connectivity index (χ4n) is 1.35. The Morgan fingerprint density at radius 1 is 1.45 bits per heavy atom. The summed E-state index contributed by atoms with van der Waals surface area (Å²) in [6.07, 6.45) is 0.799. The van der Waals surface area contributed by atoms with E-state index in [4.69, 9.17) is 4.74 Å². The van der Waals surface area contributed by atoms with Gasteiger partial charge in [0, 0.05) is 0 Å². The van der Waals surface area contributed by atoms with Crippen molar-refractivity contribution in [1.82, 2.24) is 5.06 Å². The van der Waals surface area contributed by atoms with E-state index in [-0.39, 0.29) is 5.54 Å². The molecule has 0 spiro atoms. The molecular weight excluding hydrogens is 142 g/mol. The summed E-state index contributed by atoms with van der Waals surface area (Å²) in [5, 5.41) is 11.0. The van der Waals surface area contributed by atoms with E-state index in [0.29, 0.717) is 6.61 Å². The maximum Gasteiger partial charge on any atom is 0.141 e. The quantitative estimate of drug-likeness (QED) is 0.631. The van der Waals surface area contributed by atoms with Gasteiger partial charge in [-0.15, -0.1) is 0 Å². The largest absolute Gasteiger partial charge is 0.357 e. The van der Waals surface area contributed by atoms with Crippen molar-refractivity contribution in [3.05, 3.63) is 0 Å². The van der Waals surface area contributed by atoms with Crippen molar-refractivity contribution in [3.63, 3.8) is 0 Å². The lowest BCUT2D eigenvalue weighted by atomic mass is 10.1. The first kappa shape index (κ1) is 8.97. The van der Waals surface area contributed by atoms with E-state index in [2.05, 4.69) is 0 Å². The van der Waals surface area contributed by atoms with Crippen LogP contribution >= 0.6 is 0 Å². The molecule has 0 aromatic heterocycles. The van der Waals surface area contributed by atoms with Gasteiger partial charge in [-0.3, -0.25) is 0 Å². The zero-order valence-corrected chi connectivity index (χ0v) is 7.72. The van der Waals surface area contributed by atoms with Crippen LogP contribution in [0.25, 0.3) is 0 Å². The van der Waals surface area contributed by atoms with Gasteiger partial charge in [0.05, 0.1) is 12.1 Å². The van der Waals surface area contributed by atoms with E-state index in [0.717, 1.165) is 6.42 Å². The average Bonchev–Trinajstić information content (AvgIpc) is 2.16. The monoisotopic (exact) mass is 159 g/mol. The van der Waals surface area contributed by atoms with Crippen molar-refractivity contribution >= 4 is 0 Å². The second-order valence-electron chi connectivity index (χ2n) is 3.94. The molecule has 0 saturated carbocycles. The van der Waals surface area contributed by atoms with Crippen molar-refractivity contribution in [1.29, 1.82) is 0 Å². The molecule has 0 aromatic rings. The van der Waals surface area contributed by atoms with Crippen LogP contribution in [0, 0.1) is 0 Å². The van der Waals surface area contributed by atoms with Gasteiger partial charge in [-0.25, -0.2) is 0 Å². The molecule has 0 aromatic carbocycles. The van der Waals surface area contributed by atoms with Crippen LogP contribution in [0.1, 0.15) is 34.1 Å². The molecule has 66 valence electrons. The van der Waals surface area contributed by atoms with Crippen LogP contribution in [0.3, 0.4) is 0 Å². The molecule has 1 aliphatic heterocycles. The first-order valence-electron chi connectivity index (χ1n) is 4.05. The maximum absolute atomic E-state index is 9.68. The minimum Gasteiger partial charge on any atom is -0.357 e. The molecule has 1 atom stereocenters. The third kappa shape index (κ3) is 1.28. The number of hydrogen-bond donors (Lipinski definition) is 1. The molecule has 1 rings (SSSR count). The highest BCUT2D eigenvalue weighted by Gasteiger charge is 2.47. The highest BCUT2D eigenvalue weighted by molar-refractivity contribution is 4.89. The average molecular weight is 159 g/mol. The molecule has 0 radical (unpaired) electrons. The molecular formula is C8H17NO2. The molecule has 1 heterocycles. The van der Waals surface area contributed by atoms with Crippen molar-refractivity contribution in [3.8, 4) is 0 Å². The number of hydroxylamine groups is 2. The molecule has 11 heavy (non-hydrogen) atoms. The first-order valence-corrected chi connectivity index (χ1v) is 4.05. The first-order chi connectivity index (χ1) is 4.92. The smallest absolute Gasteiger partial charge is 0.141 e. The van der Waals surface area contributed by atoms with Crippen LogP contribution in [0.15, 0.2) is 0 Å². The van der Waals surface area contributed by atoms with E-state index in [1.807, 2.05) is 27.7 Å². The summed E-state index contributed by atoms with van der Waals surface area (Å²) in [5.41, 5.74) is -0.728. The lowest BCUT2D eigenvalue weighted by molar-refractivity contribution is -0.242. The summed E-state index contributed by atoms with van der Waals surface area (Å²) >= 11 is 0. The lowest BCUT2D eigenvalue weighted by Gasteiger charge is -2.33. The maximum atomic E-state index is 9.68. The van der Waals surface area contributed by atoms with Crippen LogP contribution in [0.4, 0.5) is 0 Å². The van der Waals surface area contributed by atoms with Crippen molar-refractivity contribution in [2.45, 2.75) is 45.4 Å². The van der Waals surface area contributed by atoms with Crippen molar-refractivity contribution < 1.29 is 9.94 Å². The van der Waals surface area contributed by atoms with Gasteiger partial charge in [0.2, 0.25) is 0 Å². The van der Waals surface area contributed by atoms with E-state index in [1.54, 1.807) is 0 Å². The van der Waals surface area contributed by atoms with Crippen LogP contribution < -0.4 is 0 Å². The number of ether oxygens (including phenoxy) is 1. The molecule has 1 aliphatic rings. The van der Waals surface area contributed by atoms with E-state index in [1.165, 1.54) is 5.06 Å². The Labute approximate surface area is 67.9 Å². The zero-order chi connectivity index (χ0) is 8.70. The second kappa shape index (κ2) is 2.44. The molecule has 0 unspecified atom stereocenters. The molecule has 0 amide bonds. The van der Waals surface area contributed by atoms with Gasteiger partial charge in [0.25, 0.3) is 0 Å². The van der Waals surface area contributed by atoms with Crippen molar-refractivity contribution in [2.24, 2.45) is 0 Å². The Bertz CT molecular complexity index is 158. The Hall–Kier alpha value is -0.120. The van der Waals surface area contributed by atoms with E-state index >= 15 is 0 Å². The molecule has 0 bridgehead atoms. The standard InChI is InChI=1S/C8H17NO2/c1-5-8(4)9(10)7(2,3)6-11-8/h10H,5-6H2,1-4H3/t8-/m0/s1. The minimum atomic E-state index is -0.483. The second-order valence-corrected chi connectivity index (χ2v) is 3.94. The Balaban J connectivity index is 2.78. The third-order valence-electron chi connectivity index (χ3n) is 2.41.